The second-order valence-corrected chi connectivity index (χ2v) is 4.85. The second kappa shape index (κ2) is 5.76. The number of halogens is 2. The van der Waals surface area contributed by atoms with Crippen LogP contribution in [0.1, 0.15) is 24.9 Å². The number of hydrogen-bond acceptors (Lipinski definition) is 2. The average molecular weight is 254 g/mol. The summed E-state index contributed by atoms with van der Waals surface area (Å²) in [5.41, 5.74) is 0.621. The lowest BCUT2D eigenvalue weighted by Gasteiger charge is -2.28. The Morgan fingerprint density at radius 2 is 2.17 bits per heavy atom. The molecule has 2 nitrogen and oxygen atoms in total. The minimum absolute atomic E-state index is 0.0584. The van der Waals surface area contributed by atoms with Gasteiger partial charge in [0.15, 0.2) is 0 Å². The molecule has 2 unspecified atom stereocenters. The lowest BCUT2D eigenvalue weighted by molar-refractivity contribution is 0.232. The minimum Gasteiger partial charge on any atom is -0.319 e. The molecular formula is C14H20F2N2. The standard InChI is InChI=1S/C14H20F2N2/c1-3-18-7-6-10(9-17-2)14(18)12-5-4-11(15)8-13(12)16/h4-5,8,10,14,17H,3,6-7,9H2,1-2H3. The Kier molecular flexibility index (Phi) is 4.30. The largest absolute Gasteiger partial charge is 0.319 e. The maximum Gasteiger partial charge on any atom is 0.130 e. The molecule has 0 bridgehead atoms. The molecule has 0 amide bonds. The third-order valence-corrected chi connectivity index (χ3v) is 3.78. The van der Waals surface area contributed by atoms with Gasteiger partial charge in [0.2, 0.25) is 0 Å². The maximum atomic E-state index is 13.9. The van der Waals surface area contributed by atoms with E-state index in [1.807, 2.05) is 7.05 Å². The summed E-state index contributed by atoms with van der Waals surface area (Å²) in [6.45, 7) is 4.81. The first-order valence-corrected chi connectivity index (χ1v) is 6.51. The lowest BCUT2D eigenvalue weighted by Crippen LogP contribution is -2.29. The van der Waals surface area contributed by atoms with Crippen molar-refractivity contribution in [3.63, 3.8) is 0 Å². The average Bonchev–Trinajstić information content (AvgIpc) is 2.73. The van der Waals surface area contributed by atoms with Crippen molar-refractivity contribution in [1.29, 1.82) is 0 Å². The highest BCUT2D eigenvalue weighted by atomic mass is 19.1. The summed E-state index contributed by atoms with van der Waals surface area (Å²) in [5, 5.41) is 3.16. The van der Waals surface area contributed by atoms with Gasteiger partial charge in [-0.05, 0) is 45.1 Å². The topological polar surface area (TPSA) is 15.3 Å². The summed E-state index contributed by atoms with van der Waals surface area (Å²) < 4.78 is 26.9. The molecule has 1 saturated heterocycles. The molecule has 1 N–H and O–H groups in total. The zero-order valence-corrected chi connectivity index (χ0v) is 10.9. The van der Waals surface area contributed by atoms with E-state index in [4.69, 9.17) is 0 Å². The lowest BCUT2D eigenvalue weighted by atomic mass is 9.93. The van der Waals surface area contributed by atoms with E-state index in [0.29, 0.717) is 11.5 Å². The third kappa shape index (κ3) is 2.54. The Hall–Kier alpha value is -1.00. The van der Waals surface area contributed by atoms with Gasteiger partial charge in [-0.15, -0.1) is 0 Å². The van der Waals surface area contributed by atoms with E-state index in [1.165, 1.54) is 6.07 Å². The smallest absolute Gasteiger partial charge is 0.130 e. The normalized spacial score (nSPS) is 24.7. The van der Waals surface area contributed by atoms with Gasteiger partial charge in [0.1, 0.15) is 11.6 Å². The Bertz CT molecular complexity index is 409. The molecule has 0 saturated carbocycles. The summed E-state index contributed by atoms with van der Waals surface area (Å²) in [5.74, 6) is -0.557. The molecule has 1 aromatic rings. The Balaban J connectivity index is 2.31. The van der Waals surface area contributed by atoms with Crippen molar-refractivity contribution in [1.82, 2.24) is 10.2 Å². The highest BCUT2D eigenvalue weighted by Gasteiger charge is 2.35. The number of likely N-dealkylation sites (tertiary alicyclic amines) is 1. The van der Waals surface area contributed by atoms with E-state index in [-0.39, 0.29) is 6.04 Å². The molecule has 4 heteroatoms. The fourth-order valence-electron chi connectivity index (χ4n) is 2.95. The van der Waals surface area contributed by atoms with Crippen LogP contribution in [0, 0.1) is 17.6 Å². The quantitative estimate of drug-likeness (QED) is 0.888. The van der Waals surface area contributed by atoms with E-state index in [9.17, 15) is 8.78 Å². The molecule has 0 spiro atoms. The van der Waals surface area contributed by atoms with Crippen molar-refractivity contribution in [3.8, 4) is 0 Å². The number of nitrogens with zero attached hydrogens (tertiary/aromatic N) is 1. The molecule has 0 aromatic heterocycles. The zero-order chi connectivity index (χ0) is 13.1. The van der Waals surface area contributed by atoms with Crippen LogP contribution in [-0.4, -0.2) is 31.6 Å². The summed E-state index contributed by atoms with van der Waals surface area (Å²) in [6.07, 6.45) is 1.05. The van der Waals surface area contributed by atoms with Crippen LogP contribution < -0.4 is 5.32 Å². The summed E-state index contributed by atoms with van der Waals surface area (Å²) in [7, 11) is 1.91. The van der Waals surface area contributed by atoms with Crippen LogP contribution in [0.15, 0.2) is 18.2 Å². The van der Waals surface area contributed by atoms with Gasteiger partial charge < -0.3 is 5.32 Å². The van der Waals surface area contributed by atoms with Crippen molar-refractivity contribution < 1.29 is 8.78 Å². The van der Waals surface area contributed by atoms with E-state index in [1.54, 1.807) is 6.07 Å². The molecule has 2 atom stereocenters. The molecule has 18 heavy (non-hydrogen) atoms. The van der Waals surface area contributed by atoms with Gasteiger partial charge in [-0.1, -0.05) is 13.0 Å². The molecule has 1 aliphatic rings. The SMILES string of the molecule is CCN1CCC(CNC)C1c1ccc(F)cc1F. The van der Waals surface area contributed by atoms with Crippen LogP contribution in [0.25, 0.3) is 0 Å². The van der Waals surface area contributed by atoms with Crippen LogP contribution in [0.5, 0.6) is 0 Å². The van der Waals surface area contributed by atoms with Gasteiger partial charge in [0, 0.05) is 17.7 Å². The predicted octanol–water partition coefficient (Wildman–Crippen LogP) is 2.57. The number of benzene rings is 1. The van der Waals surface area contributed by atoms with Gasteiger partial charge in [-0.3, -0.25) is 4.90 Å². The van der Waals surface area contributed by atoms with Crippen LogP contribution in [-0.2, 0) is 0 Å². The molecule has 1 aliphatic heterocycles. The second-order valence-electron chi connectivity index (χ2n) is 4.85. The maximum absolute atomic E-state index is 13.9. The van der Waals surface area contributed by atoms with Crippen LogP contribution in [0.3, 0.4) is 0 Å². The van der Waals surface area contributed by atoms with E-state index >= 15 is 0 Å². The van der Waals surface area contributed by atoms with Gasteiger partial charge in [-0.25, -0.2) is 8.78 Å². The van der Waals surface area contributed by atoms with E-state index < -0.39 is 11.6 Å². The summed E-state index contributed by atoms with van der Waals surface area (Å²) in [4.78, 5) is 2.26. The highest BCUT2D eigenvalue weighted by molar-refractivity contribution is 5.24. The van der Waals surface area contributed by atoms with Gasteiger partial charge >= 0.3 is 0 Å². The van der Waals surface area contributed by atoms with Crippen LogP contribution in [0.2, 0.25) is 0 Å². The fraction of sp³-hybridized carbons (Fsp3) is 0.571. The first-order valence-electron chi connectivity index (χ1n) is 6.51. The minimum atomic E-state index is -0.512. The zero-order valence-electron chi connectivity index (χ0n) is 10.9. The Morgan fingerprint density at radius 3 is 2.78 bits per heavy atom. The molecule has 100 valence electrons. The van der Waals surface area contributed by atoms with Gasteiger partial charge in [-0.2, -0.15) is 0 Å². The number of nitrogens with one attached hydrogen (secondary N) is 1. The first-order chi connectivity index (χ1) is 8.67. The van der Waals surface area contributed by atoms with Crippen LogP contribution in [0.4, 0.5) is 8.78 Å². The third-order valence-electron chi connectivity index (χ3n) is 3.78. The van der Waals surface area contributed by atoms with Crippen molar-refractivity contribution in [2.24, 2.45) is 5.92 Å². The predicted molar refractivity (Wildman–Crippen MR) is 68.4 cm³/mol. The molecule has 1 aromatic carbocycles. The van der Waals surface area contributed by atoms with Crippen LogP contribution >= 0.6 is 0 Å². The number of hydrogen-bond donors (Lipinski definition) is 1. The molecule has 0 radical (unpaired) electrons. The van der Waals surface area contributed by atoms with Gasteiger partial charge in [0.05, 0.1) is 0 Å². The van der Waals surface area contributed by atoms with Crippen molar-refractivity contribution in [3.05, 3.63) is 35.4 Å². The molecule has 1 fully saturated rings. The van der Waals surface area contributed by atoms with E-state index in [2.05, 4.69) is 17.1 Å². The Morgan fingerprint density at radius 1 is 1.39 bits per heavy atom. The molecule has 0 aliphatic carbocycles. The summed E-state index contributed by atoms with van der Waals surface area (Å²) >= 11 is 0. The molecule has 2 rings (SSSR count). The molecular weight excluding hydrogens is 234 g/mol. The fourth-order valence-corrected chi connectivity index (χ4v) is 2.95. The van der Waals surface area contributed by atoms with Crippen molar-refractivity contribution in [2.45, 2.75) is 19.4 Å². The van der Waals surface area contributed by atoms with Gasteiger partial charge in [0.25, 0.3) is 0 Å². The van der Waals surface area contributed by atoms with Crippen molar-refractivity contribution in [2.75, 3.05) is 26.7 Å². The van der Waals surface area contributed by atoms with Crippen molar-refractivity contribution >= 4 is 0 Å². The summed E-state index contributed by atoms with van der Waals surface area (Å²) in [6, 6.07) is 3.98. The van der Waals surface area contributed by atoms with E-state index in [0.717, 1.165) is 32.1 Å². The monoisotopic (exact) mass is 254 g/mol. The number of rotatable bonds is 4. The first kappa shape index (κ1) is 13.4. The highest BCUT2D eigenvalue weighted by Crippen LogP contribution is 2.37. The Labute approximate surface area is 107 Å². The molecule has 1 heterocycles.